The minimum atomic E-state index is 0.674. The van der Waals surface area contributed by atoms with Crippen LogP contribution in [0.15, 0.2) is 70.3 Å². The normalized spacial score (nSPS) is 11.9. The van der Waals surface area contributed by atoms with E-state index >= 15 is 0 Å². The number of aliphatic imine (C=N–C) groups is 1. The van der Waals surface area contributed by atoms with Gasteiger partial charge >= 0.3 is 0 Å². The fourth-order valence-electron chi connectivity index (χ4n) is 2.65. The topological polar surface area (TPSA) is 88.2 Å². The molecule has 0 radical (unpaired) electrons. The molecule has 1 heterocycles. The zero-order chi connectivity index (χ0) is 19.1. The molecular formula is C20H21BrN6. The van der Waals surface area contributed by atoms with Gasteiger partial charge in [-0.1, -0.05) is 46.3 Å². The average Bonchev–Trinajstić information content (AvgIpc) is 2.70. The van der Waals surface area contributed by atoms with Gasteiger partial charge in [0.05, 0.1) is 5.52 Å². The second kappa shape index (κ2) is 9.14. The van der Waals surface area contributed by atoms with Crippen LogP contribution in [0.5, 0.6) is 0 Å². The number of hydrogen-bond acceptors (Lipinski definition) is 5. The number of benzene rings is 2. The average molecular weight is 425 g/mol. The van der Waals surface area contributed by atoms with E-state index in [2.05, 4.69) is 31.6 Å². The minimum absolute atomic E-state index is 0.674. The van der Waals surface area contributed by atoms with Crippen LogP contribution in [0.2, 0.25) is 0 Å². The van der Waals surface area contributed by atoms with Crippen molar-refractivity contribution >= 4 is 38.5 Å². The Morgan fingerprint density at radius 2 is 1.89 bits per heavy atom. The van der Waals surface area contributed by atoms with Gasteiger partial charge in [-0.2, -0.15) is 0 Å². The Balaban J connectivity index is 1.85. The Bertz CT molecular complexity index is 983. The zero-order valence-electron chi connectivity index (χ0n) is 15.0. The molecule has 0 aliphatic heterocycles. The molecule has 0 spiro atoms. The van der Waals surface area contributed by atoms with Gasteiger partial charge in [0.25, 0.3) is 0 Å². The molecule has 0 unspecified atom stereocenters. The van der Waals surface area contributed by atoms with Crippen molar-refractivity contribution in [1.82, 2.24) is 15.3 Å². The molecule has 0 fully saturated rings. The number of hydrogen-bond donors (Lipinski definition) is 3. The Labute approximate surface area is 166 Å². The van der Waals surface area contributed by atoms with Gasteiger partial charge in [-0.15, -0.1) is 0 Å². The lowest BCUT2D eigenvalue weighted by Crippen LogP contribution is -2.27. The molecule has 4 N–H and O–H groups in total. The summed E-state index contributed by atoms with van der Waals surface area (Å²) in [6.07, 6.45) is 3.19. The summed E-state index contributed by atoms with van der Waals surface area (Å²) in [6, 6.07) is 15.9. The number of aromatic nitrogens is 2. The second-order valence-corrected chi connectivity index (χ2v) is 6.57. The third-order valence-corrected chi connectivity index (χ3v) is 4.63. The molecule has 27 heavy (non-hydrogen) atoms. The SMILES string of the molecule is CN=C(C=CN)NCCNc1nc(-c2ccccc2Br)nc2ccccc12. The van der Waals surface area contributed by atoms with Crippen molar-refractivity contribution in [1.29, 1.82) is 0 Å². The first-order valence-electron chi connectivity index (χ1n) is 8.57. The first-order valence-corrected chi connectivity index (χ1v) is 9.36. The van der Waals surface area contributed by atoms with Crippen molar-refractivity contribution in [2.75, 3.05) is 25.5 Å². The largest absolute Gasteiger partial charge is 0.404 e. The van der Waals surface area contributed by atoms with Crippen LogP contribution in [-0.2, 0) is 0 Å². The minimum Gasteiger partial charge on any atom is -0.404 e. The molecule has 7 heteroatoms. The predicted molar refractivity (Wildman–Crippen MR) is 116 cm³/mol. The van der Waals surface area contributed by atoms with Gasteiger partial charge in [0.15, 0.2) is 5.82 Å². The summed E-state index contributed by atoms with van der Waals surface area (Å²) in [6.45, 7) is 1.35. The van der Waals surface area contributed by atoms with Gasteiger partial charge < -0.3 is 16.4 Å². The molecule has 0 amide bonds. The van der Waals surface area contributed by atoms with Crippen LogP contribution in [0, 0.1) is 0 Å². The molecular weight excluding hydrogens is 404 g/mol. The van der Waals surface area contributed by atoms with Crippen molar-refractivity contribution in [2.24, 2.45) is 10.7 Å². The lowest BCUT2D eigenvalue weighted by atomic mass is 10.2. The molecule has 3 aromatic rings. The third kappa shape index (κ3) is 4.62. The lowest BCUT2D eigenvalue weighted by Gasteiger charge is -2.12. The molecule has 6 nitrogen and oxygen atoms in total. The molecule has 0 bridgehead atoms. The van der Waals surface area contributed by atoms with Crippen LogP contribution in [0.1, 0.15) is 0 Å². The molecule has 138 valence electrons. The Morgan fingerprint density at radius 3 is 2.67 bits per heavy atom. The van der Waals surface area contributed by atoms with E-state index in [1.54, 1.807) is 13.1 Å². The molecule has 2 aromatic carbocycles. The van der Waals surface area contributed by atoms with Gasteiger partial charge in [0, 0.05) is 35.6 Å². The summed E-state index contributed by atoms with van der Waals surface area (Å²) in [5, 5.41) is 7.60. The summed E-state index contributed by atoms with van der Waals surface area (Å²) in [4.78, 5) is 13.6. The molecule has 0 aliphatic rings. The van der Waals surface area contributed by atoms with E-state index < -0.39 is 0 Å². The molecule has 0 atom stereocenters. The van der Waals surface area contributed by atoms with Crippen LogP contribution in [0.25, 0.3) is 22.3 Å². The Hall–Kier alpha value is -2.93. The van der Waals surface area contributed by atoms with E-state index in [0.717, 1.165) is 32.6 Å². The second-order valence-electron chi connectivity index (χ2n) is 5.71. The van der Waals surface area contributed by atoms with Crippen molar-refractivity contribution in [3.05, 3.63) is 65.3 Å². The van der Waals surface area contributed by atoms with Crippen molar-refractivity contribution in [3.8, 4) is 11.4 Å². The maximum absolute atomic E-state index is 5.41. The monoisotopic (exact) mass is 424 g/mol. The van der Waals surface area contributed by atoms with Crippen LogP contribution in [0.3, 0.4) is 0 Å². The first kappa shape index (κ1) is 18.8. The van der Waals surface area contributed by atoms with Gasteiger partial charge in [0.2, 0.25) is 0 Å². The zero-order valence-corrected chi connectivity index (χ0v) is 16.6. The fourth-order valence-corrected chi connectivity index (χ4v) is 3.11. The molecule has 0 saturated carbocycles. The number of nitrogens with one attached hydrogen (secondary N) is 2. The van der Waals surface area contributed by atoms with Gasteiger partial charge in [-0.05, 0) is 30.5 Å². The van der Waals surface area contributed by atoms with E-state index in [9.17, 15) is 0 Å². The summed E-state index contributed by atoms with van der Waals surface area (Å²) in [7, 11) is 1.72. The highest BCUT2D eigenvalue weighted by atomic mass is 79.9. The highest BCUT2D eigenvalue weighted by Crippen LogP contribution is 2.29. The van der Waals surface area contributed by atoms with E-state index in [0.29, 0.717) is 18.9 Å². The van der Waals surface area contributed by atoms with Gasteiger partial charge in [-0.3, -0.25) is 4.99 Å². The first-order chi connectivity index (χ1) is 13.2. The number of nitrogens with two attached hydrogens (primary N) is 1. The maximum atomic E-state index is 5.41. The van der Waals surface area contributed by atoms with E-state index in [-0.39, 0.29) is 0 Å². The maximum Gasteiger partial charge on any atom is 0.163 e. The highest BCUT2D eigenvalue weighted by molar-refractivity contribution is 9.10. The van der Waals surface area contributed by atoms with Crippen molar-refractivity contribution in [3.63, 3.8) is 0 Å². The molecule has 0 aliphatic carbocycles. The predicted octanol–water partition coefficient (Wildman–Crippen LogP) is 3.56. The highest BCUT2D eigenvalue weighted by Gasteiger charge is 2.11. The van der Waals surface area contributed by atoms with Crippen LogP contribution in [0.4, 0.5) is 5.82 Å². The number of halogens is 1. The number of amidine groups is 1. The van der Waals surface area contributed by atoms with E-state index in [1.807, 2.05) is 48.5 Å². The summed E-state index contributed by atoms with van der Waals surface area (Å²) < 4.78 is 0.963. The Morgan fingerprint density at radius 1 is 1.11 bits per heavy atom. The van der Waals surface area contributed by atoms with Crippen LogP contribution in [-0.4, -0.2) is 35.9 Å². The number of anilines is 1. The van der Waals surface area contributed by atoms with E-state index in [4.69, 9.17) is 15.7 Å². The lowest BCUT2D eigenvalue weighted by molar-refractivity contribution is 0.903. The van der Waals surface area contributed by atoms with Crippen molar-refractivity contribution in [2.45, 2.75) is 0 Å². The Kier molecular flexibility index (Phi) is 6.38. The quantitative estimate of drug-likeness (QED) is 0.319. The fraction of sp³-hybridized carbons (Fsp3) is 0.150. The van der Waals surface area contributed by atoms with E-state index in [1.165, 1.54) is 6.20 Å². The number of para-hydroxylation sites is 1. The molecule has 1 aromatic heterocycles. The number of fused-ring (bicyclic) bond motifs is 1. The van der Waals surface area contributed by atoms with Crippen LogP contribution >= 0.6 is 15.9 Å². The summed E-state index contributed by atoms with van der Waals surface area (Å²) in [5.74, 6) is 2.22. The van der Waals surface area contributed by atoms with Gasteiger partial charge in [-0.25, -0.2) is 9.97 Å². The smallest absolute Gasteiger partial charge is 0.163 e. The third-order valence-electron chi connectivity index (χ3n) is 3.94. The van der Waals surface area contributed by atoms with Crippen LogP contribution < -0.4 is 16.4 Å². The summed E-state index contributed by atoms with van der Waals surface area (Å²) in [5.41, 5.74) is 7.26. The van der Waals surface area contributed by atoms with Crippen molar-refractivity contribution < 1.29 is 0 Å². The number of nitrogens with zero attached hydrogens (tertiary/aromatic N) is 3. The molecule has 0 saturated heterocycles. The molecule has 3 rings (SSSR count). The summed E-state index contributed by atoms with van der Waals surface area (Å²) >= 11 is 3.58. The number of rotatable bonds is 6. The van der Waals surface area contributed by atoms with Gasteiger partial charge in [0.1, 0.15) is 11.7 Å². The standard InChI is InChI=1S/C20H21BrN6/c1-23-18(10-11-22)24-12-13-25-19-15-7-3-5-9-17(15)26-20(27-19)14-6-2-4-8-16(14)21/h2-11H,12-13,22H2,1H3,(H,23,24)(H,25,26,27).